The number of rotatable bonds is 10. The number of pyridine rings is 1. The molecule has 0 fully saturated rings. The normalized spacial score (nSPS) is 10.5. The van der Waals surface area contributed by atoms with Gasteiger partial charge in [-0.05, 0) is 66.4 Å². The number of hydrogen-bond donors (Lipinski definition) is 2. The summed E-state index contributed by atoms with van der Waals surface area (Å²) in [4.78, 5) is 43.5. The number of halogens is 1. The van der Waals surface area contributed by atoms with E-state index >= 15 is 0 Å². The van der Waals surface area contributed by atoms with Crippen LogP contribution in [0.1, 0.15) is 36.5 Å². The summed E-state index contributed by atoms with van der Waals surface area (Å²) >= 11 is 0. The minimum absolute atomic E-state index is 0.0464. The predicted octanol–water partition coefficient (Wildman–Crippen LogP) is 4.16. The Balaban J connectivity index is 1.63. The van der Waals surface area contributed by atoms with Gasteiger partial charge in [0.1, 0.15) is 18.2 Å². The second-order valence-electron chi connectivity index (χ2n) is 8.17. The number of anilines is 2. The average Bonchev–Trinajstić information content (AvgIpc) is 2.85. The maximum atomic E-state index is 13.1. The van der Waals surface area contributed by atoms with Gasteiger partial charge in [0.05, 0.1) is 0 Å². The first-order valence-corrected chi connectivity index (χ1v) is 11.5. The summed E-state index contributed by atoms with van der Waals surface area (Å²) in [5.74, 6) is -0.975. The highest BCUT2D eigenvalue weighted by Crippen LogP contribution is 2.18. The molecule has 3 aromatic rings. The average molecular weight is 477 g/mol. The third-order valence-electron chi connectivity index (χ3n) is 5.41. The van der Waals surface area contributed by atoms with Gasteiger partial charge in [-0.2, -0.15) is 0 Å². The van der Waals surface area contributed by atoms with Crippen molar-refractivity contribution >= 4 is 29.2 Å². The van der Waals surface area contributed by atoms with Crippen LogP contribution in [-0.4, -0.2) is 29.3 Å². The highest BCUT2D eigenvalue weighted by Gasteiger charge is 2.20. The lowest BCUT2D eigenvalue weighted by molar-refractivity contribution is -0.125. The largest absolute Gasteiger partial charge is 0.350 e. The van der Waals surface area contributed by atoms with Crippen molar-refractivity contribution in [1.82, 2.24) is 10.3 Å². The van der Waals surface area contributed by atoms with Crippen molar-refractivity contribution in [2.24, 2.45) is 0 Å². The predicted molar refractivity (Wildman–Crippen MR) is 133 cm³/mol. The molecule has 0 aliphatic carbocycles. The van der Waals surface area contributed by atoms with E-state index in [1.807, 2.05) is 32.0 Å². The quantitative estimate of drug-likeness (QED) is 0.460. The van der Waals surface area contributed by atoms with E-state index in [9.17, 15) is 18.8 Å². The Labute approximate surface area is 204 Å². The second kappa shape index (κ2) is 12.4. The number of benzene rings is 2. The lowest BCUT2D eigenvalue weighted by atomic mass is 10.1. The van der Waals surface area contributed by atoms with Crippen molar-refractivity contribution in [3.05, 3.63) is 89.4 Å². The molecule has 1 heterocycles. The van der Waals surface area contributed by atoms with Crippen molar-refractivity contribution in [1.29, 1.82) is 0 Å². The van der Waals surface area contributed by atoms with E-state index in [1.165, 1.54) is 17.0 Å². The van der Waals surface area contributed by atoms with E-state index in [-0.39, 0.29) is 49.5 Å². The molecule has 0 atom stereocenters. The van der Waals surface area contributed by atoms with E-state index in [4.69, 9.17) is 0 Å². The number of aryl methyl sites for hydroxylation is 2. The summed E-state index contributed by atoms with van der Waals surface area (Å²) in [7, 11) is 0. The van der Waals surface area contributed by atoms with Crippen molar-refractivity contribution in [2.75, 3.05) is 16.8 Å². The maximum absolute atomic E-state index is 13.1. The van der Waals surface area contributed by atoms with Crippen LogP contribution >= 0.6 is 0 Å². The van der Waals surface area contributed by atoms with Gasteiger partial charge in [-0.1, -0.05) is 31.2 Å². The van der Waals surface area contributed by atoms with E-state index in [0.717, 1.165) is 23.1 Å². The molecule has 182 valence electrons. The Morgan fingerprint density at radius 1 is 0.914 bits per heavy atom. The Morgan fingerprint density at radius 2 is 1.60 bits per heavy atom. The highest BCUT2D eigenvalue weighted by atomic mass is 19.1. The van der Waals surface area contributed by atoms with E-state index < -0.39 is 0 Å². The summed E-state index contributed by atoms with van der Waals surface area (Å²) in [6, 6.07) is 16.8. The Hall–Kier alpha value is -4.07. The van der Waals surface area contributed by atoms with E-state index in [0.29, 0.717) is 11.5 Å². The molecule has 2 N–H and O–H groups in total. The fourth-order valence-electron chi connectivity index (χ4n) is 3.40. The van der Waals surface area contributed by atoms with Crippen molar-refractivity contribution in [2.45, 2.75) is 39.7 Å². The summed E-state index contributed by atoms with van der Waals surface area (Å²) < 4.78 is 13.1. The number of amides is 3. The summed E-state index contributed by atoms with van der Waals surface area (Å²) in [6.07, 6.45) is 2.33. The Kier molecular flexibility index (Phi) is 9.06. The lowest BCUT2D eigenvalue weighted by Crippen LogP contribution is -2.41. The molecule has 0 aliphatic rings. The van der Waals surface area contributed by atoms with E-state index in [2.05, 4.69) is 15.6 Å². The third-order valence-corrected chi connectivity index (χ3v) is 5.41. The number of nitrogens with zero attached hydrogens (tertiary/aromatic N) is 2. The molecule has 1 aromatic heterocycles. The molecule has 0 saturated heterocycles. The van der Waals surface area contributed by atoms with Gasteiger partial charge in [0.2, 0.25) is 17.7 Å². The van der Waals surface area contributed by atoms with Gasteiger partial charge < -0.3 is 15.5 Å². The zero-order valence-electron chi connectivity index (χ0n) is 19.9. The number of carbonyl (C=O) groups excluding carboxylic acids is 3. The van der Waals surface area contributed by atoms with Crippen LogP contribution in [0.3, 0.4) is 0 Å². The van der Waals surface area contributed by atoms with E-state index in [1.54, 1.807) is 36.5 Å². The van der Waals surface area contributed by atoms with Gasteiger partial charge in [-0.3, -0.25) is 14.4 Å². The van der Waals surface area contributed by atoms with Gasteiger partial charge in [0.15, 0.2) is 0 Å². The monoisotopic (exact) mass is 476 g/mol. The molecule has 8 heteroatoms. The molecule has 7 nitrogen and oxygen atoms in total. The van der Waals surface area contributed by atoms with Crippen LogP contribution in [0.5, 0.6) is 0 Å². The lowest BCUT2D eigenvalue weighted by Gasteiger charge is -2.23. The molecule has 0 spiro atoms. The van der Waals surface area contributed by atoms with Crippen LogP contribution in [-0.2, 0) is 27.3 Å². The maximum Gasteiger partial charge on any atom is 0.240 e. The third kappa shape index (κ3) is 8.03. The first kappa shape index (κ1) is 25.6. The molecule has 2 aromatic carbocycles. The minimum atomic E-state index is -0.365. The Morgan fingerprint density at radius 3 is 2.26 bits per heavy atom. The number of carbonyl (C=O) groups is 3. The first-order valence-electron chi connectivity index (χ1n) is 11.5. The zero-order valence-corrected chi connectivity index (χ0v) is 19.9. The van der Waals surface area contributed by atoms with Crippen molar-refractivity contribution < 1.29 is 18.8 Å². The molecule has 0 radical (unpaired) electrons. The number of aromatic nitrogens is 1. The van der Waals surface area contributed by atoms with Gasteiger partial charge in [0.25, 0.3) is 0 Å². The molecule has 3 amide bonds. The summed E-state index contributed by atoms with van der Waals surface area (Å²) in [5, 5.41) is 5.44. The Bertz CT molecular complexity index is 1160. The summed E-state index contributed by atoms with van der Waals surface area (Å²) in [6.45, 7) is 3.93. The van der Waals surface area contributed by atoms with Crippen LogP contribution in [0, 0.1) is 12.7 Å². The molecule has 0 unspecified atom stereocenters. The van der Waals surface area contributed by atoms with Crippen LogP contribution in [0.25, 0.3) is 0 Å². The molecular weight excluding hydrogens is 447 g/mol. The fraction of sp³-hybridized carbons (Fsp3) is 0.259. The molecular formula is C27H29FN4O3. The van der Waals surface area contributed by atoms with Crippen LogP contribution in [0.15, 0.2) is 66.9 Å². The topological polar surface area (TPSA) is 91.4 Å². The van der Waals surface area contributed by atoms with Gasteiger partial charge in [0, 0.05) is 31.3 Å². The number of nitrogens with one attached hydrogen (secondary N) is 2. The van der Waals surface area contributed by atoms with Gasteiger partial charge in [-0.15, -0.1) is 0 Å². The van der Waals surface area contributed by atoms with Crippen LogP contribution in [0.2, 0.25) is 0 Å². The standard InChI is InChI=1S/C27H29FN4O3/c1-3-20-6-10-23(11-7-20)32(18-26(34)30-17-21-4-8-22(28)9-5-21)27(35)13-12-25(33)31-24-16-19(2)14-15-29-24/h4-11,14-16H,3,12-13,17-18H2,1-2H3,(H,30,34)(H,29,31,33). The molecule has 0 bridgehead atoms. The van der Waals surface area contributed by atoms with Gasteiger partial charge in [-0.25, -0.2) is 9.37 Å². The fourth-order valence-corrected chi connectivity index (χ4v) is 3.40. The zero-order chi connectivity index (χ0) is 25.2. The molecule has 0 aliphatic heterocycles. The highest BCUT2D eigenvalue weighted by molar-refractivity contribution is 6.01. The summed E-state index contributed by atoms with van der Waals surface area (Å²) in [5.41, 5.74) is 3.38. The first-order chi connectivity index (χ1) is 16.8. The second-order valence-corrected chi connectivity index (χ2v) is 8.17. The number of hydrogen-bond acceptors (Lipinski definition) is 4. The molecule has 0 saturated carbocycles. The van der Waals surface area contributed by atoms with Gasteiger partial charge >= 0.3 is 0 Å². The molecule has 35 heavy (non-hydrogen) atoms. The smallest absolute Gasteiger partial charge is 0.240 e. The minimum Gasteiger partial charge on any atom is -0.350 e. The molecule has 3 rings (SSSR count). The van der Waals surface area contributed by atoms with Crippen LogP contribution < -0.4 is 15.5 Å². The van der Waals surface area contributed by atoms with Crippen molar-refractivity contribution in [3.8, 4) is 0 Å². The van der Waals surface area contributed by atoms with Crippen molar-refractivity contribution in [3.63, 3.8) is 0 Å². The van der Waals surface area contributed by atoms with Crippen LogP contribution in [0.4, 0.5) is 15.9 Å². The SMILES string of the molecule is CCc1ccc(N(CC(=O)NCc2ccc(F)cc2)C(=O)CCC(=O)Nc2cc(C)ccn2)cc1.